The summed E-state index contributed by atoms with van der Waals surface area (Å²) in [5.74, 6) is 0. The SMILES string of the molecule is CC.CC1CCN1C. The normalized spacial score (nSPS) is 27.8. The van der Waals surface area contributed by atoms with E-state index in [0.29, 0.717) is 0 Å². The highest BCUT2D eigenvalue weighted by molar-refractivity contribution is 4.73. The van der Waals surface area contributed by atoms with Gasteiger partial charge < -0.3 is 4.90 Å². The fourth-order valence-corrected chi connectivity index (χ4v) is 0.645. The minimum atomic E-state index is 0.866. The standard InChI is InChI=1S/C5H11N.C2H6/c1-5-3-4-6(5)2;1-2/h5H,3-4H2,1-2H3;1-2H3. The van der Waals surface area contributed by atoms with Crippen LogP contribution in [0.15, 0.2) is 0 Å². The molecule has 0 aromatic heterocycles. The predicted octanol–water partition coefficient (Wildman–Crippen LogP) is 1.74. The molecule has 1 aliphatic heterocycles. The first-order valence-electron chi connectivity index (χ1n) is 3.51. The second-order valence-corrected chi connectivity index (χ2v) is 2.12. The Morgan fingerprint density at radius 2 is 1.75 bits per heavy atom. The van der Waals surface area contributed by atoms with Crippen LogP contribution in [0.4, 0.5) is 0 Å². The number of likely N-dealkylation sites (tertiary alicyclic amines) is 1. The highest BCUT2D eigenvalue weighted by atomic mass is 15.2. The molecule has 8 heavy (non-hydrogen) atoms. The molecule has 0 aliphatic carbocycles. The van der Waals surface area contributed by atoms with Gasteiger partial charge in [0.15, 0.2) is 0 Å². The summed E-state index contributed by atoms with van der Waals surface area (Å²) in [6.07, 6.45) is 1.40. The maximum absolute atomic E-state index is 2.35. The van der Waals surface area contributed by atoms with Crippen molar-refractivity contribution in [3.05, 3.63) is 0 Å². The minimum absolute atomic E-state index is 0.866. The minimum Gasteiger partial charge on any atom is -0.304 e. The molecular formula is C7H17N. The number of hydrogen-bond acceptors (Lipinski definition) is 1. The highest BCUT2D eigenvalue weighted by Crippen LogP contribution is 2.11. The largest absolute Gasteiger partial charge is 0.304 e. The Bertz CT molecular complexity index is 44.3. The van der Waals surface area contributed by atoms with Gasteiger partial charge in [-0.2, -0.15) is 0 Å². The van der Waals surface area contributed by atoms with Gasteiger partial charge in [0.05, 0.1) is 0 Å². The molecule has 1 nitrogen and oxygen atoms in total. The van der Waals surface area contributed by atoms with Gasteiger partial charge in [0, 0.05) is 6.04 Å². The van der Waals surface area contributed by atoms with Crippen molar-refractivity contribution in [1.82, 2.24) is 4.90 Å². The summed E-state index contributed by atoms with van der Waals surface area (Å²) in [6.45, 7) is 7.56. The van der Waals surface area contributed by atoms with E-state index in [1.807, 2.05) is 13.8 Å². The van der Waals surface area contributed by atoms with Crippen LogP contribution in [0.25, 0.3) is 0 Å². The van der Waals surface area contributed by atoms with Gasteiger partial charge in [-0.05, 0) is 26.9 Å². The molecule has 0 spiro atoms. The third-order valence-electron chi connectivity index (χ3n) is 1.65. The highest BCUT2D eigenvalue weighted by Gasteiger charge is 2.17. The Balaban J connectivity index is 0.000000222. The van der Waals surface area contributed by atoms with Gasteiger partial charge >= 0.3 is 0 Å². The summed E-state index contributed by atoms with van der Waals surface area (Å²) in [4.78, 5) is 2.35. The van der Waals surface area contributed by atoms with Crippen molar-refractivity contribution in [2.75, 3.05) is 13.6 Å². The molecule has 0 saturated carbocycles. The summed E-state index contributed by atoms with van der Waals surface area (Å²) < 4.78 is 0. The fraction of sp³-hybridized carbons (Fsp3) is 1.00. The molecule has 1 aliphatic rings. The number of rotatable bonds is 0. The Morgan fingerprint density at radius 3 is 1.75 bits per heavy atom. The molecule has 0 aromatic carbocycles. The third-order valence-corrected chi connectivity index (χ3v) is 1.65. The van der Waals surface area contributed by atoms with E-state index in [4.69, 9.17) is 0 Å². The molecule has 50 valence electrons. The maximum Gasteiger partial charge on any atom is 0.00760 e. The first-order chi connectivity index (χ1) is 3.80. The zero-order valence-corrected chi connectivity index (χ0v) is 6.44. The second kappa shape index (κ2) is 3.90. The van der Waals surface area contributed by atoms with Crippen LogP contribution in [0.3, 0.4) is 0 Å². The average molecular weight is 115 g/mol. The van der Waals surface area contributed by atoms with Crippen LogP contribution in [0.5, 0.6) is 0 Å². The van der Waals surface area contributed by atoms with E-state index in [1.165, 1.54) is 13.0 Å². The van der Waals surface area contributed by atoms with Gasteiger partial charge in [-0.1, -0.05) is 13.8 Å². The van der Waals surface area contributed by atoms with E-state index in [0.717, 1.165) is 6.04 Å². The Labute approximate surface area is 52.7 Å². The molecule has 1 fully saturated rings. The second-order valence-electron chi connectivity index (χ2n) is 2.12. The van der Waals surface area contributed by atoms with Crippen molar-refractivity contribution < 1.29 is 0 Å². The molecule has 0 amide bonds. The number of nitrogens with zero attached hydrogens (tertiary/aromatic N) is 1. The van der Waals surface area contributed by atoms with Crippen LogP contribution in [-0.2, 0) is 0 Å². The predicted molar refractivity (Wildman–Crippen MR) is 38.1 cm³/mol. The zero-order chi connectivity index (χ0) is 6.57. The van der Waals surface area contributed by atoms with Crippen molar-refractivity contribution in [2.45, 2.75) is 33.2 Å². The molecule has 1 unspecified atom stereocenters. The molecule has 0 aromatic rings. The lowest BCUT2D eigenvalue weighted by molar-refractivity contribution is 0.143. The monoisotopic (exact) mass is 115 g/mol. The van der Waals surface area contributed by atoms with Gasteiger partial charge in [0.2, 0.25) is 0 Å². The molecule has 1 rings (SSSR count). The van der Waals surface area contributed by atoms with E-state index in [1.54, 1.807) is 0 Å². The lowest BCUT2D eigenvalue weighted by Gasteiger charge is -2.34. The smallest absolute Gasteiger partial charge is 0.00760 e. The topological polar surface area (TPSA) is 3.24 Å². The van der Waals surface area contributed by atoms with Gasteiger partial charge in [-0.15, -0.1) is 0 Å². The molecule has 0 N–H and O–H groups in total. The van der Waals surface area contributed by atoms with Crippen molar-refractivity contribution in [2.24, 2.45) is 0 Å². The summed E-state index contributed by atoms with van der Waals surface area (Å²) in [5.41, 5.74) is 0. The number of hydrogen-bond donors (Lipinski definition) is 0. The average Bonchev–Trinajstić information content (AvgIpc) is 1.88. The molecular weight excluding hydrogens is 98.1 g/mol. The van der Waals surface area contributed by atoms with Crippen LogP contribution in [0.1, 0.15) is 27.2 Å². The summed E-state index contributed by atoms with van der Waals surface area (Å²) in [5, 5.41) is 0. The molecule has 0 radical (unpaired) electrons. The Hall–Kier alpha value is -0.0400. The van der Waals surface area contributed by atoms with E-state index in [-0.39, 0.29) is 0 Å². The zero-order valence-electron chi connectivity index (χ0n) is 6.44. The van der Waals surface area contributed by atoms with Crippen LogP contribution < -0.4 is 0 Å². The van der Waals surface area contributed by atoms with E-state index in [2.05, 4.69) is 18.9 Å². The molecule has 1 atom stereocenters. The molecule has 1 heteroatoms. The van der Waals surface area contributed by atoms with Gasteiger partial charge in [0.1, 0.15) is 0 Å². The summed E-state index contributed by atoms with van der Waals surface area (Å²) in [6, 6.07) is 0.866. The van der Waals surface area contributed by atoms with Crippen LogP contribution >= 0.6 is 0 Å². The van der Waals surface area contributed by atoms with Crippen molar-refractivity contribution in [1.29, 1.82) is 0 Å². The molecule has 1 saturated heterocycles. The van der Waals surface area contributed by atoms with Crippen LogP contribution in [-0.4, -0.2) is 24.5 Å². The van der Waals surface area contributed by atoms with Crippen molar-refractivity contribution >= 4 is 0 Å². The summed E-state index contributed by atoms with van der Waals surface area (Å²) in [7, 11) is 2.16. The quantitative estimate of drug-likeness (QED) is 0.465. The van der Waals surface area contributed by atoms with Crippen LogP contribution in [0, 0.1) is 0 Å². The van der Waals surface area contributed by atoms with Crippen molar-refractivity contribution in [3.63, 3.8) is 0 Å². The van der Waals surface area contributed by atoms with E-state index < -0.39 is 0 Å². The third kappa shape index (κ3) is 1.83. The van der Waals surface area contributed by atoms with Gasteiger partial charge in [-0.25, -0.2) is 0 Å². The lowest BCUT2D eigenvalue weighted by Crippen LogP contribution is -2.41. The van der Waals surface area contributed by atoms with Crippen LogP contribution in [0.2, 0.25) is 0 Å². The van der Waals surface area contributed by atoms with Gasteiger partial charge in [-0.3, -0.25) is 0 Å². The first kappa shape index (κ1) is 7.96. The maximum atomic E-state index is 2.35. The fourth-order valence-electron chi connectivity index (χ4n) is 0.645. The van der Waals surface area contributed by atoms with E-state index in [9.17, 15) is 0 Å². The lowest BCUT2D eigenvalue weighted by atomic mass is 10.1. The van der Waals surface area contributed by atoms with Gasteiger partial charge in [0.25, 0.3) is 0 Å². The Kier molecular flexibility index (Phi) is 3.88. The molecule has 1 heterocycles. The van der Waals surface area contributed by atoms with E-state index >= 15 is 0 Å². The Morgan fingerprint density at radius 1 is 1.38 bits per heavy atom. The first-order valence-corrected chi connectivity index (χ1v) is 3.51. The van der Waals surface area contributed by atoms with Crippen molar-refractivity contribution in [3.8, 4) is 0 Å². The molecule has 0 bridgehead atoms. The summed E-state index contributed by atoms with van der Waals surface area (Å²) >= 11 is 0.